The molecule has 4 nitrogen and oxygen atoms in total. The van der Waals surface area contributed by atoms with Crippen LogP contribution in [-0.4, -0.2) is 14.8 Å². The van der Waals surface area contributed by atoms with Gasteiger partial charge in [0.1, 0.15) is 11.6 Å². The highest BCUT2D eigenvalue weighted by atomic mass is 35.5. The summed E-state index contributed by atoms with van der Waals surface area (Å²) in [4.78, 5) is 0. The third-order valence-electron chi connectivity index (χ3n) is 3.85. The van der Waals surface area contributed by atoms with E-state index in [0.29, 0.717) is 0 Å². The van der Waals surface area contributed by atoms with E-state index in [4.69, 9.17) is 11.6 Å². The fourth-order valence-electron chi connectivity index (χ4n) is 2.64. The van der Waals surface area contributed by atoms with E-state index in [0.717, 1.165) is 36.2 Å². The zero-order chi connectivity index (χ0) is 13.9. The topological polar surface area (TPSA) is 42.7 Å². The van der Waals surface area contributed by atoms with Crippen molar-refractivity contribution < 1.29 is 0 Å². The summed E-state index contributed by atoms with van der Waals surface area (Å²) in [5, 5.41) is 12.8. The minimum Gasteiger partial charge on any atom is -0.314 e. The van der Waals surface area contributed by atoms with Crippen molar-refractivity contribution in [2.45, 2.75) is 45.3 Å². The first-order valence-corrected chi connectivity index (χ1v) is 7.51. The third kappa shape index (κ3) is 2.86. The summed E-state index contributed by atoms with van der Waals surface area (Å²) < 4.78 is 2.25. The summed E-state index contributed by atoms with van der Waals surface area (Å²) in [5.41, 5.74) is 1.19. The Balaban J connectivity index is 1.66. The second-order valence-electron chi connectivity index (χ2n) is 5.30. The van der Waals surface area contributed by atoms with Crippen LogP contribution in [0.3, 0.4) is 0 Å². The number of hydrogen-bond donors (Lipinski definition) is 1. The van der Waals surface area contributed by atoms with Gasteiger partial charge in [-0.3, -0.25) is 0 Å². The van der Waals surface area contributed by atoms with Crippen molar-refractivity contribution in [1.82, 2.24) is 20.1 Å². The van der Waals surface area contributed by atoms with Crippen molar-refractivity contribution in [3.63, 3.8) is 0 Å². The molecule has 0 unspecified atom stereocenters. The standard InChI is InChI=1S/C15H19ClN4/c1-11(12-5-4-6-13(16)9-12)17-10-15-19-18-14-7-2-3-8-20(14)15/h4-6,9,11,17H,2-3,7-8,10H2,1H3/t11-/m0/s1. The average molecular weight is 291 g/mol. The van der Waals surface area contributed by atoms with Gasteiger partial charge in [-0.05, 0) is 37.5 Å². The van der Waals surface area contributed by atoms with E-state index in [9.17, 15) is 0 Å². The van der Waals surface area contributed by atoms with Crippen molar-refractivity contribution >= 4 is 11.6 Å². The summed E-state index contributed by atoms with van der Waals surface area (Å²) in [6.45, 7) is 3.92. The van der Waals surface area contributed by atoms with Crippen molar-refractivity contribution in [1.29, 1.82) is 0 Å². The molecular weight excluding hydrogens is 272 g/mol. The number of fused-ring (bicyclic) bond motifs is 1. The van der Waals surface area contributed by atoms with Crippen LogP contribution in [0.2, 0.25) is 5.02 Å². The molecule has 0 radical (unpaired) electrons. The summed E-state index contributed by atoms with van der Waals surface area (Å²) >= 11 is 6.03. The molecule has 0 aliphatic carbocycles. The van der Waals surface area contributed by atoms with Gasteiger partial charge in [0.2, 0.25) is 0 Å². The smallest absolute Gasteiger partial charge is 0.147 e. The molecule has 1 atom stereocenters. The number of nitrogens with zero attached hydrogens (tertiary/aromatic N) is 3. The van der Waals surface area contributed by atoms with Crippen molar-refractivity contribution in [3.05, 3.63) is 46.5 Å². The van der Waals surface area contributed by atoms with Crippen LogP contribution in [0.1, 0.15) is 43.0 Å². The molecule has 0 bridgehead atoms. The van der Waals surface area contributed by atoms with Gasteiger partial charge in [0, 0.05) is 24.0 Å². The molecule has 2 heterocycles. The Morgan fingerprint density at radius 2 is 2.25 bits per heavy atom. The van der Waals surface area contributed by atoms with Crippen LogP contribution in [0, 0.1) is 0 Å². The summed E-state index contributed by atoms with van der Waals surface area (Å²) in [5.74, 6) is 2.16. The van der Waals surface area contributed by atoms with E-state index in [1.165, 1.54) is 18.4 Å². The van der Waals surface area contributed by atoms with E-state index in [2.05, 4.69) is 33.1 Å². The Kier molecular flexibility index (Phi) is 4.03. The van der Waals surface area contributed by atoms with Crippen LogP contribution >= 0.6 is 11.6 Å². The highest BCUT2D eigenvalue weighted by molar-refractivity contribution is 6.30. The highest BCUT2D eigenvalue weighted by Crippen LogP contribution is 2.18. The maximum Gasteiger partial charge on any atom is 0.147 e. The molecule has 5 heteroatoms. The molecule has 106 valence electrons. The normalized spacial score (nSPS) is 15.9. The van der Waals surface area contributed by atoms with E-state index in [-0.39, 0.29) is 6.04 Å². The summed E-state index contributed by atoms with van der Waals surface area (Å²) in [6.07, 6.45) is 3.50. The fraction of sp³-hybridized carbons (Fsp3) is 0.467. The number of aryl methyl sites for hydroxylation is 1. The molecular formula is C15H19ClN4. The lowest BCUT2D eigenvalue weighted by Crippen LogP contribution is -2.22. The SMILES string of the molecule is C[C@H](NCc1nnc2n1CCCC2)c1cccc(Cl)c1. The zero-order valence-corrected chi connectivity index (χ0v) is 12.4. The maximum atomic E-state index is 6.03. The molecule has 0 saturated carbocycles. The number of nitrogens with one attached hydrogen (secondary N) is 1. The summed E-state index contributed by atoms with van der Waals surface area (Å²) in [7, 11) is 0. The highest BCUT2D eigenvalue weighted by Gasteiger charge is 2.16. The Bertz CT molecular complexity index is 593. The van der Waals surface area contributed by atoms with E-state index in [1.54, 1.807) is 0 Å². The van der Waals surface area contributed by atoms with Gasteiger partial charge in [-0.25, -0.2) is 0 Å². The second-order valence-corrected chi connectivity index (χ2v) is 5.74. The molecule has 1 N–H and O–H groups in total. The number of rotatable bonds is 4. The molecule has 1 aromatic heterocycles. The van der Waals surface area contributed by atoms with E-state index in [1.807, 2.05) is 18.2 Å². The van der Waals surface area contributed by atoms with Crippen molar-refractivity contribution in [3.8, 4) is 0 Å². The van der Waals surface area contributed by atoms with Gasteiger partial charge in [0.05, 0.1) is 6.54 Å². The molecule has 1 aliphatic rings. The van der Waals surface area contributed by atoms with Crippen LogP contribution in [0.15, 0.2) is 24.3 Å². The quantitative estimate of drug-likeness (QED) is 0.941. The van der Waals surface area contributed by atoms with E-state index < -0.39 is 0 Å². The van der Waals surface area contributed by atoms with Crippen LogP contribution in [-0.2, 0) is 19.5 Å². The van der Waals surface area contributed by atoms with Crippen molar-refractivity contribution in [2.24, 2.45) is 0 Å². The lowest BCUT2D eigenvalue weighted by atomic mass is 10.1. The first kappa shape index (κ1) is 13.6. The lowest BCUT2D eigenvalue weighted by Gasteiger charge is -2.17. The largest absolute Gasteiger partial charge is 0.314 e. The zero-order valence-electron chi connectivity index (χ0n) is 11.6. The number of hydrogen-bond acceptors (Lipinski definition) is 3. The first-order chi connectivity index (χ1) is 9.74. The number of benzene rings is 1. The average Bonchev–Trinajstić information content (AvgIpc) is 2.88. The van der Waals surface area contributed by atoms with Gasteiger partial charge in [-0.1, -0.05) is 23.7 Å². The molecule has 0 fully saturated rings. The molecule has 2 aromatic rings. The first-order valence-electron chi connectivity index (χ1n) is 7.14. The third-order valence-corrected chi connectivity index (χ3v) is 4.09. The molecule has 1 aliphatic heterocycles. The number of halogens is 1. The van der Waals surface area contributed by atoms with Gasteiger partial charge in [0.15, 0.2) is 0 Å². The minimum atomic E-state index is 0.241. The Hall–Kier alpha value is -1.39. The minimum absolute atomic E-state index is 0.241. The fourth-order valence-corrected chi connectivity index (χ4v) is 2.84. The van der Waals surface area contributed by atoms with Crippen LogP contribution in [0.25, 0.3) is 0 Å². The van der Waals surface area contributed by atoms with Gasteiger partial charge >= 0.3 is 0 Å². The predicted octanol–water partition coefficient (Wildman–Crippen LogP) is 3.12. The van der Waals surface area contributed by atoms with E-state index >= 15 is 0 Å². The molecule has 0 spiro atoms. The maximum absolute atomic E-state index is 6.03. The van der Waals surface area contributed by atoms with Crippen LogP contribution < -0.4 is 5.32 Å². The Labute approximate surface area is 124 Å². The Morgan fingerprint density at radius 3 is 3.10 bits per heavy atom. The van der Waals surface area contributed by atoms with Crippen LogP contribution in [0.4, 0.5) is 0 Å². The summed E-state index contributed by atoms with van der Waals surface area (Å²) in [6, 6.07) is 8.20. The predicted molar refractivity (Wildman–Crippen MR) is 79.7 cm³/mol. The second kappa shape index (κ2) is 5.94. The number of aromatic nitrogens is 3. The van der Waals surface area contributed by atoms with Crippen LogP contribution in [0.5, 0.6) is 0 Å². The van der Waals surface area contributed by atoms with Gasteiger partial charge in [-0.2, -0.15) is 0 Å². The molecule has 3 rings (SSSR count). The monoisotopic (exact) mass is 290 g/mol. The van der Waals surface area contributed by atoms with Gasteiger partial charge in [-0.15, -0.1) is 10.2 Å². The molecule has 20 heavy (non-hydrogen) atoms. The molecule has 0 saturated heterocycles. The van der Waals surface area contributed by atoms with Gasteiger partial charge < -0.3 is 9.88 Å². The molecule has 0 amide bonds. The molecule has 1 aromatic carbocycles. The lowest BCUT2D eigenvalue weighted by molar-refractivity contribution is 0.484. The van der Waals surface area contributed by atoms with Gasteiger partial charge in [0.25, 0.3) is 0 Å². The van der Waals surface area contributed by atoms with Crippen molar-refractivity contribution in [2.75, 3.05) is 0 Å². The Morgan fingerprint density at radius 1 is 1.35 bits per heavy atom.